The predicted molar refractivity (Wildman–Crippen MR) is 75.7 cm³/mol. The highest BCUT2D eigenvalue weighted by atomic mass is 19.4. The number of hydrogen-bond acceptors (Lipinski definition) is 2. The van der Waals surface area contributed by atoms with E-state index >= 15 is 0 Å². The molecule has 0 heterocycles. The fraction of sp³-hybridized carbons (Fsp3) is 0.467. The second-order valence-electron chi connectivity index (χ2n) is 5.21. The second kappa shape index (κ2) is 7.29. The smallest absolute Gasteiger partial charge is 0.368 e. The summed E-state index contributed by atoms with van der Waals surface area (Å²) in [6.07, 6.45) is -4.07. The average molecular weight is 316 g/mol. The highest BCUT2D eigenvalue weighted by molar-refractivity contribution is 5.87. The number of carbonyl (C=O) groups is 2. The summed E-state index contributed by atoms with van der Waals surface area (Å²) < 4.78 is 37.8. The number of alkyl halides is 3. The molecule has 0 fully saturated rings. The van der Waals surface area contributed by atoms with Gasteiger partial charge in [-0.25, -0.2) is 0 Å². The largest absolute Gasteiger partial charge is 0.416 e. The number of nitrogens with one attached hydrogen (secondary N) is 1. The summed E-state index contributed by atoms with van der Waals surface area (Å²) in [7, 11) is 0. The van der Waals surface area contributed by atoms with E-state index in [4.69, 9.17) is 5.73 Å². The molecule has 4 nitrogen and oxygen atoms in total. The van der Waals surface area contributed by atoms with Gasteiger partial charge in [-0.15, -0.1) is 0 Å². The summed E-state index contributed by atoms with van der Waals surface area (Å²) in [5.41, 5.74) is 4.64. The van der Waals surface area contributed by atoms with Crippen LogP contribution in [0, 0.1) is 5.92 Å². The average Bonchev–Trinajstić information content (AvgIpc) is 2.43. The van der Waals surface area contributed by atoms with Gasteiger partial charge in [-0.2, -0.15) is 13.2 Å². The molecule has 22 heavy (non-hydrogen) atoms. The SMILES string of the molecule is CC[C@@H](C)[C@@H](NC(=O)Cc1cccc(C(F)(F)F)c1)C(N)=O. The van der Waals surface area contributed by atoms with E-state index in [1.54, 1.807) is 6.92 Å². The normalized spacial score (nSPS) is 14.2. The third kappa shape index (κ3) is 5.05. The molecule has 0 bridgehead atoms. The minimum Gasteiger partial charge on any atom is -0.368 e. The molecule has 0 saturated carbocycles. The van der Waals surface area contributed by atoms with Crippen LogP contribution in [-0.4, -0.2) is 17.9 Å². The third-order valence-corrected chi connectivity index (χ3v) is 3.45. The van der Waals surface area contributed by atoms with Crippen molar-refractivity contribution in [1.82, 2.24) is 5.32 Å². The summed E-state index contributed by atoms with van der Waals surface area (Å²) >= 11 is 0. The van der Waals surface area contributed by atoms with Gasteiger partial charge in [-0.05, 0) is 17.5 Å². The molecule has 0 aliphatic heterocycles. The summed E-state index contributed by atoms with van der Waals surface area (Å²) in [6.45, 7) is 3.61. The van der Waals surface area contributed by atoms with Gasteiger partial charge in [0.1, 0.15) is 6.04 Å². The van der Waals surface area contributed by atoms with Crippen LogP contribution >= 0.6 is 0 Å². The first-order valence-corrected chi connectivity index (χ1v) is 6.90. The quantitative estimate of drug-likeness (QED) is 0.845. The first-order chi connectivity index (χ1) is 10.1. The molecule has 0 radical (unpaired) electrons. The number of primary amides is 1. The summed E-state index contributed by atoms with van der Waals surface area (Å²) in [5.74, 6) is -1.35. The lowest BCUT2D eigenvalue weighted by atomic mass is 9.98. The van der Waals surface area contributed by atoms with Crippen LogP contribution in [0.4, 0.5) is 13.2 Å². The number of rotatable bonds is 6. The van der Waals surface area contributed by atoms with Crippen LogP contribution in [0.5, 0.6) is 0 Å². The first kappa shape index (κ1) is 18.0. The second-order valence-corrected chi connectivity index (χ2v) is 5.21. The lowest BCUT2D eigenvalue weighted by molar-refractivity contribution is -0.137. The zero-order chi connectivity index (χ0) is 16.9. The number of benzene rings is 1. The van der Waals surface area contributed by atoms with E-state index in [1.807, 2.05) is 6.92 Å². The molecular formula is C15H19F3N2O2. The van der Waals surface area contributed by atoms with Crippen LogP contribution in [0.15, 0.2) is 24.3 Å². The maximum atomic E-state index is 12.6. The van der Waals surface area contributed by atoms with Crippen LogP contribution in [0.2, 0.25) is 0 Å². The minimum absolute atomic E-state index is 0.150. The topological polar surface area (TPSA) is 72.2 Å². The summed E-state index contributed by atoms with van der Waals surface area (Å²) in [4.78, 5) is 23.2. The van der Waals surface area contributed by atoms with Crippen molar-refractivity contribution in [2.24, 2.45) is 11.7 Å². The zero-order valence-corrected chi connectivity index (χ0v) is 12.4. The fourth-order valence-electron chi connectivity index (χ4n) is 2.00. The molecule has 122 valence electrons. The number of hydrogen-bond donors (Lipinski definition) is 2. The van der Waals surface area contributed by atoms with Gasteiger partial charge in [0.05, 0.1) is 12.0 Å². The van der Waals surface area contributed by atoms with Crippen molar-refractivity contribution in [3.05, 3.63) is 35.4 Å². The van der Waals surface area contributed by atoms with Gasteiger partial charge >= 0.3 is 6.18 Å². The lowest BCUT2D eigenvalue weighted by Gasteiger charge is -2.21. The van der Waals surface area contributed by atoms with Gasteiger partial charge in [-0.1, -0.05) is 38.5 Å². The number of halogens is 3. The van der Waals surface area contributed by atoms with Gasteiger partial charge in [0.25, 0.3) is 0 Å². The molecule has 3 N–H and O–H groups in total. The molecule has 0 spiro atoms. The van der Waals surface area contributed by atoms with Gasteiger partial charge < -0.3 is 11.1 Å². The fourth-order valence-corrected chi connectivity index (χ4v) is 2.00. The zero-order valence-electron chi connectivity index (χ0n) is 12.4. The molecule has 2 amide bonds. The third-order valence-electron chi connectivity index (χ3n) is 3.45. The van der Waals surface area contributed by atoms with Crippen molar-refractivity contribution in [3.63, 3.8) is 0 Å². The van der Waals surface area contributed by atoms with Crippen LogP contribution in [-0.2, 0) is 22.2 Å². The number of nitrogens with two attached hydrogens (primary N) is 1. The first-order valence-electron chi connectivity index (χ1n) is 6.90. The Morgan fingerprint density at radius 1 is 1.32 bits per heavy atom. The van der Waals surface area contributed by atoms with Crippen molar-refractivity contribution < 1.29 is 22.8 Å². The van der Waals surface area contributed by atoms with Crippen molar-refractivity contribution in [3.8, 4) is 0 Å². The molecule has 0 saturated heterocycles. The van der Waals surface area contributed by atoms with Gasteiger partial charge in [-0.3, -0.25) is 9.59 Å². The molecule has 7 heteroatoms. The molecular weight excluding hydrogens is 297 g/mol. The molecule has 0 aliphatic carbocycles. The van der Waals surface area contributed by atoms with E-state index in [0.29, 0.717) is 6.42 Å². The van der Waals surface area contributed by atoms with Crippen LogP contribution in [0.25, 0.3) is 0 Å². The Labute approximate surface area is 126 Å². The molecule has 1 aromatic carbocycles. The van der Waals surface area contributed by atoms with Gasteiger partial charge in [0, 0.05) is 0 Å². The molecule has 0 aromatic heterocycles. The Hall–Kier alpha value is -2.05. The number of carbonyl (C=O) groups excluding carboxylic acids is 2. The van der Waals surface area contributed by atoms with E-state index in [9.17, 15) is 22.8 Å². The van der Waals surface area contributed by atoms with Crippen molar-refractivity contribution in [2.45, 2.75) is 38.9 Å². The summed E-state index contributed by atoms with van der Waals surface area (Å²) in [6, 6.07) is 3.70. The van der Waals surface area contributed by atoms with Gasteiger partial charge in [0.2, 0.25) is 11.8 Å². The van der Waals surface area contributed by atoms with E-state index < -0.39 is 29.6 Å². The molecule has 0 aliphatic rings. The molecule has 0 unspecified atom stereocenters. The maximum absolute atomic E-state index is 12.6. The molecule has 1 aromatic rings. The van der Waals surface area contributed by atoms with E-state index in [1.165, 1.54) is 12.1 Å². The number of amides is 2. The van der Waals surface area contributed by atoms with E-state index in [-0.39, 0.29) is 17.9 Å². The lowest BCUT2D eigenvalue weighted by Crippen LogP contribution is -2.48. The Balaban J connectivity index is 2.78. The van der Waals surface area contributed by atoms with Crippen molar-refractivity contribution in [2.75, 3.05) is 0 Å². The van der Waals surface area contributed by atoms with Crippen LogP contribution in [0.1, 0.15) is 31.4 Å². The van der Waals surface area contributed by atoms with Crippen LogP contribution in [0.3, 0.4) is 0 Å². The van der Waals surface area contributed by atoms with Crippen molar-refractivity contribution in [1.29, 1.82) is 0 Å². The van der Waals surface area contributed by atoms with Crippen LogP contribution < -0.4 is 11.1 Å². The monoisotopic (exact) mass is 316 g/mol. The highest BCUT2D eigenvalue weighted by Gasteiger charge is 2.30. The van der Waals surface area contributed by atoms with Crippen molar-refractivity contribution >= 4 is 11.8 Å². The molecule has 2 atom stereocenters. The Kier molecular flexibility index (Phi) is 5.96. The van der Waals surface area contributed by atoms with E-state index in [2.05, 4.69) is 5.32 Å². The maximum Gasteiger partial charge on any atom is 0.416 e. The highest BCUT2D eigenvalue weighted by Crippen LogP contribution is 2.29. The molecule has 1 rings (SSSR count). The van der Waals surface area contributed by atoms with E-state index in [0.717, 1.165) is 12.1 Å². The summed E-state index contributed by atoms with van der Waals surface area (Å²) in [5, 5.41) is 2.48. The van der Waals surface area contributed by atoms with Gasteiger partial charge in [0.15, 0.2) is 0 Å². The Bertz CT molecular complexity index is 544. The predicted octanol–water partition coefficient (Wildman–Crippen LogP) is 2.26. The Morgan fingerprint density at radius 2 is 1.95 bits per heavy atom. The minimum atomic E-state index is -4.46. The standard InChI is InChI=1S/C15H19F3N2O2/c1-3-9(2)13(14(19)22)20-12(21)8-10-5-4-6-11(7-10)15(16,17)18/h4-7,9,13H,3,8H2,1-2H3,(H2,19,22)(H,20,21)/t9-,13-/m1/s1. The Morgan fingerprint density at radius 3 is 2.45 bits per heavy atom.